The minimum atomic E-state index is 0.712. The molecule has 0 saturated heterocycles. The summed E-state index contributed by atoms with van der Waals surface area (Å²) in [5, 5.41) is 1.76. The Morgan fingerprint density at radius 3 is 2.28 bits per heavy atom. The number of rotatable bonds is 3. The first kappa shape index (κ1) is 15.7. The lowest BCUT2D eigenvalue weighted by molar-refractivity contribution is 0.415. The van der Waals surface area contributed by atoms with Crippen molar-refractivity contribution in [2.45, 2.75) is 0 Å². The Morgan fingerprint density at radius 1 is 0.800 bits per heavy atom. The van der Waals surface area contributed by atoms with Gasteiger partial charge in [0.1, 0.15) is 5.75 Å². The summed E-state index contributed by atoms with van der Waals surface area (Å²) in [6, 6.07) is 26.2. The highest BCUT2D eigenvalue weighted by atomic mass is 35.5. The van der Waals surface area contributed by atoms with Crippen LogP contribution in [0.5, 0.6) is 5.75 Å². The van der Waals surface area contributed by atoms with Crippen molar-refractivity contribution in [3.8, 4) is 28.1 Å². The summed E-state index contributed by atoms with van der Waals surface area (Å²) in [5.41, 5.74) is 5.17. The number of benzene rings is 3. The van der Waals surface area contributed by atoms with Gasteiger partial charge in [-0.15, -0.1) is 0 Å². The summed E-state index contributed by atoms with van der Waals surface area (Å²) >= 11 is 6.23. The molecule has 3 heteroatoms. The Morgan fingerprint density at radius 2 is 1.56 bits per heavy atom. The van der Waals surface area contributed by atoms with E-state index in [-0.39, 0.29) is 0 Å². The molecule has 1 heterocycles. The second-order valence-electron chi connectivity index (χ2n) is 5.81. The maximum absolute atomic E-state index is 6.23. The monoisotopic (exact) mass is 345 g/mol. The molecule has 0 spiro atoms. The molecule has 1 aromatic heterocycles. The molecule has 0 N–H and O–H groups in total. The van der Waals surface area contributed by atoms with Gasteiger partial charge in [0.25, 0.3) is 0 Å². The number of pyridine rings is 1. The maximum Gasteiger partial charge on any atom is 0.118 e. The van der Waals surface area contributed by atoms with Crippen LogP contribution in [0.4, 0.5) is 0 Å². The van der Waals surface area contributed by atoms with Gasteiger partial charge in [0.2, 0.25) is 0 Å². The molecule has 0 amide bonds. The van der Waals surface area contributed by atoms with Crippen molar-refractivity contribution in [3.63, 3.8) is 0 Å². The third-order valence-electron chi connectivity index (χ3n) is 4.24. The van der Waals surface area contributed by atoms with E-state index < -0.39 is 0 Å². The van der Waals surface area contributed by atoms with Crippen LogP contribution in [0, 0.1) is 0 Å². The van der Waals surface area contributed by atoms with Gasteiger partial charge in [-0.3, -0.25) is 0 Å². The fourth-order valence-electron chi connectivity index (χ4n) is 2.96. The molecular weight excluding hydrogens is 330 g/mol. The molecule has 0 aliphatic carbocycles. The van der Waals surface area contributed by atoms with E-state index in [1.165, 1.54) is 0 Å². The average Bonchev–Trinajstić information content (AvgIpc) is 2.68. The van der Waals surface area contributed by atoms with Gasteiger partial charge in [-0.1, -0.05) is 41.9 Å². The molecule has 25 heavy (non-hydrogen) atoms. The lowest BCUT2D eigenvalue weighted by Crippen LogP contribution is -1.90. The van der Waals surface area contributed by atoms with E-state index in [2.05, 4.69) is 18.2 Å². The first-order valence-electron chi connectivity index (χ1n) is 8.05. The highest BCUT2D eigenvalue weighted by Gasteiger charge is 2.10. The van der Waals surface area contributed by atoms with Gasteiger partial charge in [-0.25, -0.2) is 4.98 Å². The fraction of sp³-hybridized carbons (Fsp3) is 0.0455. The smallest absolute Gasteiger partial charge is 0.118 e. The Hall–Kier alpha value is -2.84. The van der Waals surface area contributed by atoms with Gasteiger partial charge < -0.3 is 4.74 Å². The minimum Gasteiger partial charge on any atom is -0.497 e. The van der Waals surface area contributed by atoms with Crippen LogP contribution in [0.3, 0.4) is 0 Å². The maximum atomic E-state index is 6.23. The summed E-state index contributed by atoms with van der Waals surface area (Å²) in [7, 11) is 1.67. The first-order chi connectivity index (χ1) is 12.2. The summed E-state index contributed by atoms with van der Waals surface area (Å²) in [6.45, 7) is 0. The average molecular weight is 346 g/mol. The number of nitrogens with zero attached hydrogens (tertiary/aromatic N) is 1. The van der Waals surface area contributed by atoms with Crippen molar-refractivity contribution in [1.82, 2.24) is 4.98 Å². The number of hydrogen-bond donors (Lipinski definition) is 0. The molecule has 0 radical (unpaired) electrons. The van der Waals surface area contributed by atoms with Crippen LogP contribution in [0.15, 0.2) is 78.9 Å². The van der Waals surface area contributed by atoms with E-state index in [1.54, 1.807) is 7.11 Å². The van der Waals surface area contributed by atoms with Gasteiger partial charge >= 0.3 is 0 Å². The van der Waals surface area contributed by atoms with Crippen molar-refractivity contribution in [1.29, 1.82) is 0 Å². The highest BCUT2D eigenvalue weighted by Crippen LogP contribution is 2.33. The Kier molecular flexibility index (Phi) is 4.12. The molecule has 2 nitrogen and oxygen atoms in total. The first-order valence-corrected chi connectivity index (χ1v) is 8.42. The largest absolute Gasteiger partial charge is 0.497 e. The molecule has 3 aromatic carbocycles. The molecule has 0 aliphatic heterocycles. The Labute approximate surface area is 151 Å². The topological polar surface area (TPSA) is 22.1 Å². The van der Waals surface area contributed by atoms with E-state index in [0.717, 1.165) is 39.0 Å². The predicted octanol–water partition coefficient (Wildman–Crippen LogP) is 6.23. The SMILES string of the molecule is COc1ccc(-c2cc(-c3ccccc3)c3cc(Cl)ccc3n2)cc1. The van der Waals surface area contributed by atoms with E-state index in [4.69, 9.17) is 21.3 Å². The van der Waals surface area contributed by atoms with Crippen molar-refractivity contribution >= 4 is 22.5 Å². The zero-order valence-electron chi connectivity index (χ0n) is 13.7. The Balaban J connectivity index is 1.96. The predicted molar refractivity (Wildman–Crippen MR) is 104 cm³/mol. The quantitative estimate of drug-likeness (QED) is 0.439. The van der Waals surface area contributed by atoms with E-state index in [0.29, 0.717) is 5.02 Å². The third kappa shape index (κ3) is 3.09. The van der Waals surface area contributed by atoms with E-state index in [9.17, 15) is 0 Å². The van der Waals surface area contributed by atoms with Crippen molar-refractivity contribution in [2.75, 3.05) is 7.11 Å². The third-order valence-corrected chi connectivity index (χ3v) is 4.48. The summed E-state index contributed by atoms with van der Waals surface area (Å²) in [4.78, 5) is 4.83. The second kappa shape index (κ2) is 6.58. The second-order valence-corrected chi connectivity index (χ2v) is 6.25. The minimum absolute atomic E-state index is 0.712. The molecule has 0 saturated carbocycles. The van der Waals surface area contributed by atoms with Crippen LogP contribution in [-0.2, 0) is 0 Å². The zero-order valence-corrected chi connectivity index (χ0v) is 14.5. The van der Waals surface area contributed by atoms with Crippen LogP contribution in [0.2, 0.25) is 5.02 Å². The number of aromatic nitrogens is 1. The summed E-state index contributed by atoms with van der Waals surface area (Å²) in [6.07, 6.45) is 0. The highest BCUT2D eigenvalue weighted by molar-refractivity contribution is 6.31. The summed E-state index contributed by atoms with van der Waals surface area (Å²) in [5.74, 6) is 0.833. The van der Waals surface area contributed by atoms with Crippen molar-refractivity contribution in [2.24, 2.45) is 0 Å². The molecule has 0 bridgehead atoms. The number of fused-ring (bicyclic) bond motifs is 1. The van der Waals surface area contributed by atoms with Crippen LogP contribution < -0.4 is 4.74 Å². The van der Waals surface area contributed by atoms with Crippen LogP contribution >= 0.6 is 11.6 Å². The lowest BCUT2D eigenvalue weighted by Gasteiger charge is -2.11. The molecule has 0 unspecified atom stereocenters. The van der Waals surface area contributed by atoms with Crippen LogP contribution in [-0.4, -0.2) is 12.1 Å². The fourth-order valence-corrected chi connectivity index (χ4v) is 3.14. The van der Waals surface area contributed by atoms with Gasteiger partial charge in [-0.05, 0) is 59.7 Å². The Bertz CT molecular complexity index is 1030. The number of ether oxygens (including phenoxy) is 1. The zero-order chi connectivity index (χ0) is 17.2. The molecular formula is C22H16ClNO. The molecule has 0 aliphatic rings. The van der Waals surface area contributed by atoms with Gasteiger partial charge in [0.15, 0.2) is 0 Å². The van der Waals surface area contributed by atoms with Gasteiger partial charge in [0, 0.05) is 16.0 Å². The van der Waals surface area contributed by atoms with Crippen molar-refractivity contribution in [3.05, 3.63) is 83.9 Å². The molecule has 122 valence electrons. The van der Waals surface area contributed by atoms with Crippen molar-refractivity contribution < 1.29 is 4.74 Å². The van der Waals surface area contributed by atoms with Crippen LogP contribution in [0.1, 0.15) is 0 Å². The van der Waals surface area contributed by atoms with Gasteiger partial charge in [0.05, 0.1) is 18.3 Å². The van der Waals surface area contributed by atoms with E-state index >= 15 is 0 Å². The lowest BCUT2D eigenvalue weighted by atomic mass is 9.98. The summed E-state index contributed by atoms with van der Waals surface area (Å²) < 4.78 is 5.25. The number of hydrogen-bond acceptors (Lipinski definition) is 2. The van der Waals surface area contributed by atoms with E-state index in [1.807, 2.05) is 60.7 Å². The number of methoxy groups -OCH3 is 1. The standard InChI is InChI=1S/C22H16ClNO/c1-25-18-10-7-16(8-11-18)22-14-19(15-5-3-2-4-6-15)20-13-17(23)9-12-21(20)24-22/h2-14H,1H3. The molecule has 4 aromatic rings. The van der Waals surface area contributed by atoms with Crippen LogP contribution in [0.25, 0.3) is 33.3 Å². The molecule has 4 rings (SSSR count). The molecule has 0 fully saturated rings. The normalized spacial score (nSPS) is 10.8. The van der Waals surface area contributed by atoms with Gasteiger partial charge in [-0.2, -0.15) is 0 Å². The molecule has 0 atom stereocenters. The number of halogens is 1.